The second-order valence-corrected chi connectivity index (χ2v) is 6.51. The number of benzene rings is 1. The number of amides is 1. The lowest BCUT2D eigenvalue weighted by molar-refractivity contribution is 0.103. The van der Waals surface area contributed by atoms with Crippen molar-refractivity contribution in [1.29, 1.82) is 0 Å². The minimum Gasteiger partial charge on any atom is -0.411 e. The van der Waals surface area contributed by atoms with Crippen LogP contribution in [0.2, 0.25) is 0 Å². The van der Waals surface area contributed by atoms with Crippen molar-refractivity contribution in [2.75, 3.05) is 5.32 Å². The Morgan fingerprint density at radius 3 is 2.62 bits per heavy atom. The molecule has 3 rings (SSSR count). The molecule has 0 bridgehead atoms. The van der Waals surface area contributed by atoms with Gasteiger partial charge in [-0.3, -0.25) is 4.79 Å². The molecule has 2 aromatic heterocycles. The summed E-state index contributed by atoms with van der Waals surface area (Å²) in [7, 11) is 0. The highest BCUT2D eigenvalue weighted by atomic mass is 32.1. The number of carbonyl (C=O) groups excluding carboxylic acids is 1. The standard InChI is InChI=1S/C15H12N2O2S2/c1-9(17-19)10-2-4-11(5-3-10)16-15(18)14-8-13-12(21-14)6-7-20-13/h2-8,19H,1H3,(H,16,18)/b17-9-. The maximum absolute atomic E-state index is 12.2. The number of rotatable bonds is 3. The molecule has 21 heavy (non-hydrogen) atoms. The zero-order valence-electron chi connectivity index (χ0n) is 11.2. The summed E-state index contributed by atoms with van der Waals surface area (Å²) in [6.07, 6.45) is 0. The van der Waals surface area contributed by atoms with Gasteiger partial charge in [0.25, 0.3) is 5.91 Å². The van der Waals surface area contributed by atoms with Gasteiger partial charge in [0, 0.05) is 15.1 Å². The third-order valence-electron chi connectivity index (χ3n) is 3.07. The second kappa shape index (κ2) is 5.67. The van der Waals surface area contributed by atoms with Crippen LogP contribution in [0.4, 0.5) is 5.69 Å². The fourth-order valence-electron chi connectivity index (χ4n) is 1.92. The molecule has 0 fully saturated rings. The SMILES string of the molecule is C/C(=N/O)c1ccc(NC(=O)c2cc3sccc3s2)cc1. The van der Waals surface area contributed by atoms with Crippen LogP contribution >= 0.6 is 22.7 Å². The number of nitrogens with one attached hydrogen (secondary N) is 1. The first kappa shape index (κ1) is 13.8. The third-order valence-corrected chi connectivity index (χ3v) is 5.17. The van der Waals surface area contributed by atoms with E-state index in [1.165, 1.54) is 11.3 Å². The topological polar surface area (TPSA) is 61.7 Å². The number of nitrogens with zero attached hydrogens (tertiary/aromatic N) is 1. The normalized spacial score (nSPS) is 11.8. The molecule has 0 radical (unpaired) electrons. The first-order valence-corrected chi connectivity index (χ1v) is 7.94. The van der Waals surface area contributed by atoms with Crippen molar-refractivity contribution in [3.63, 3.8) is 0 Å². The minimum atomic E-state index is -0.108. The van der Waals surface area contributed by atoms with Crippen molar-refractivity contribution in [2.24, 2.45) is 5.16 Å². The molecule has 0 atom stereocenters. The van der Waals surface area contributed by atoms with Crippen molar-refractivity contribution in [1.82, 2.24) is 0 Å². The first-order chi connectivity index (χ1) is 10.2. The van der Waals surface area contributed by atoms with Gasteiger partial charge >= 0.3 is 0 Å². The molecule has 0 saturated carbocycles. The van der Waals surface area contributed by atoms with Crippen LogP contribution in [-0.4, -0.2) is 16.8 Å². The molecule has 2 N–H and O–H groups in total. The highest BCUT2D eigenvalue weighted by Gasteiger charge is 2.11. The maximum Gasteiger partial charge on any atom is 0.265 e. The Hall–Kier alpha value is -2.18. The van der Waals surface area contributed by atoms with Crippen LogP contribution in [0.5, 0.6) is 0 Å². The van der Waals surface area contributed by atoms with Gasteiger partial charge in [0.15, 0.2) is 0 Å². The largest absolute Gasteiger partial charge is 0.411 e. The summed E-state index contributed by atoms with van der Waals surface area (Å²) in [5.41, 5.74) is 2.06. The molecule has 6 heteroatoms. The van der Waals surface area contributed by atoms with Crippen LogP contribution in [0, 0.1) is 0 Å². The molecule has 0 unspecified atom stereocenters. The van der Waals surface area contributed by atoms with Crippen LogP contribution in [0.15, 0.2) is 46.9 Å². The summed E-state index contributed by atoms with van der Waals surface area (Å²) in [4.78, 5) is 12.9. The molecule has 0 aliphatic carbocycles. The Morgan fingerprint density at radius 2 is 1.95 bits per heavy atom. The van der Waals surface area contributed by atoms with E-state index in [1.807, 2.05) is 17.5 Å². The van der Waals surface area contributed by atoms with Crippen LogP contribution < -0.4 is 5.32 Å². The first-order valence-electron chi connectivity index (χ1n) is 6.25. The van der Waals surface area contributed by atoms with Crippen molar-refractivity contribution < 1.29 is 10.0 Å². The van der Waals surface area contributed by atoms with Crippen molar-refractivity contribution in [2.45, 2.75) is 6.92 Å². The Balaban J connectivity index is 1.76. The molecular formula is C15H12N2O2S2. The van der Waals surface area contributed by atoms with Crippen molar-refractivity contribution >= 4 is 49.4 Å². The van der Waals surface area contributed by atoms with Gasteiger partial charge in [-0.05, 0) is 42.1 Å². The highest BCUT2D eigenvalue weighted by Crippen LogP contribution is 2.30. The summed E-state index contributed by atoms with van der Waals surface area (Å²) in [5, 5.41) is 16.8. The summed E-state index contributed by atoms with van der Waals surface area (Å²) < 4.78 is 2.27. The Labute approximate surface area is 129 Å². The lowest BCUT2D eigenvalue weighted by Crippen LogP contribution is -2.10. The summed E-state index contributed by atoms with van der Waals surface area (Å²) in [6, 6.07) is 11.1. The van der Waals surface area contributed by atoms with Crippen LogP contribution in [0.3, 0.4) is 0 Å². The molecule has 1 aromatic carbocycles. The van der Waals surface area contributed by atoms with E-state index >= 15 is 0 Å². The van der Waals surface area contributed by atoms with Gasteiger partial charge in [0.2, 0.25) is 0 Å². The second-order valence-electron chi connectivity index (χ2n) is 4.48. The van der Waals surface area contributed by atoms with Gasteiger partial charge in [0.05, 0.1) is 10.6 Å². The maximum atomic E-state index is 12.2. The fraction of sp³-hybridized carbons (Fsp3) is 0.0667. The average Bonchev–Trinajstić information content (AvgIpc) is 3.08. The molecule has 3 aromatic rings. The third kappa shape index (κ3) is 2.81. The zero-order chi connectivity index (χ0) is 14.8. The van der Waals surface area contributed by atoms with Crippen LogP contribution in [-0.2, 0) is 0 Å². The van der Waals surface area contributed by atoms with Crippen LogP contribution in [0.1, 0.15) is 22.2 Å². The van der Waals surface area contributed by atoms with Gasteiger partial charge in [-0.1, -0.05) is 17.3 Å². The fourth-order valence-corrected chi connectivity index (χ4v) is 3.93. The summed E-state index contributed by atoms with van der Waals surface area (Å²) >= 11 is 3.12. The summed E-state index contributed by atoms with van der Waals surface area (Å²) in [6.45, 7) is 1.71. The molecule has 0 aliphatic rings. The molecule has 1 amide bonds. The summed E-state index contributed by atoms with van der Waals surface area (Å²) in [5.74, 6) is -0.108. The van der Waals surface area contributed by atoms with Crippen LogP contribution in [0.25, 0.3) is 9.40 Å². The van der Waals surface area contributed by atoms with E-state index in [4.69, 9.17) is 5.21 Å². The number of fused-ring (bicyclic) bond motifs is 1. The molecule has 0 spiro atoms. The molecule has 0 saturated heterocycles. The van der Waals surface area contributed by atoms with Gasteiger partial charge in [-0.25, -0.2) is 0 Å². The highest BCUT2D eigenvalue weighted by molar-refractivity contribution is 7.27. The van der Waals surface area contributed by atoms with Gasteiger partial charge in [-0.15, -0.1) is 22.7 Å². The minimum absolute atomic E-state index is 0.108. The number of thiophene rings is 2. The van der Waals surface area contributed by atoms with E-state index < -0.39 is 0 Å². The zero-order valence-corrected chi connectivity index (χ0v) is 12.8. The van der Waals surface area contributed by atoms with Gasteiger partial charge in [-0.2, -0.15) is 0 Å². The number of anilines is 1. The lowest BCUT2D eigenvalue weighted by Gasteiger charge is -2.04. The van der Waals surface area contributed by atoms with E-state index in [0.29, 0.717) is 16.3 Å². The monoisotopic (exact) mass is 316 g/mol. The van der Waals surface area contributed by atoms with E-state index in [-0.39, 0.29) is 5.91 Å². The quantitative estimate of drug-likeness (QED) is 0.427. The predicted octanol–water partition coefficient (Wildman–Crippen LogP) is 4.41. The van der Waals surface area contributed by atoms with E-state index in [2.05, 4.69) is 10.5 Å². The Bertz CT molecular complexity index is 787. The smallest absolute Gasteiger partial charge is 0.265 e. The molecule has 0 aliphatic heterocycles. The number of hydrogen-bond acceptors (Lipinski definition) is 5. The Morgan fingerprint density at radius 1 is 1.19 bits per heavy atom. The average molecular weight is 316 g/mol. The molecule has 2 heterocycles. The number of oxime groups is 1. The Kier molecular flexibility index (Phi) is 3.72. The number of carbonyl (C=O) groups is 1. The van der Waals surface area contributed by atoms with Crippen molar-refractivity contribution in [3.8, 4) is 0 Å². The predicted molar refractivity (Wildman–Crippen MR) is 88.1 cm³/mol. The van der Waals surface area contributed by atoms with Crippen molar-refractivity contribution in [3.05, 3.63) is 52.2 Å². The number of hydrogen-bond donors (Lipinski definition) is 2. The molecular weight excluding hydrogens is 304 g/mol. The molecule has 106 valence electrons. The van der Waals surface area contributed by atoms with Gasteiger partial charge in [0.1, 0.15) is 0 Å². The lowest BCUT2D eigenvalue weighted by atomic mass is 10.1. The van der Waals surface area contributed by atoms with E-state index in [1.54, 1.807) is 42.5 Å². The van der Waals surface area contributed by atoms with E-state index in [9.17, 15) is 4.79 Å². The van der Waals surface area contributed by atoms with Gasteiger partial charge < -0.3 is 10.5 Å². The molecule has 4 nitrogen and oxygen atoms in total. The van der Waals surface area contributed by atoms with E-state index in [0.717, 1.165) is 15.0 Å².